The van der Waals surface area contributed by atoms with Crippen LogP contribution in [0.15, 0.2) is 56.7 Å². The first kappa shape index (κ1) is 19.0. The van der Waals surface area contributed by atoms with Gasteiger partial charge < -0.3 is 9.15 Å². The number of carbonyl (C=O) groups is 1. The Hall–Kier alpha value is -2.78. The first-order chi connectivity index (χ1) is 12.9. The van der Waals surface area contributed by atoms with Gasteiger partial charge in [-0.25, -0.2) is 4.39 Å². The van der Waals surface area contributed by atoms with E-state index in [-0.39, 0.29) is 23.8 Å². The van der Waals surface area contributed by atoms with Gasteiger partial charge in [-0.15, -0.1) is 11.3 Å². The molecule has 6 nitrogen and oxygen atoms in total. The summed E-state index contributed by atoms with van der Waals surface area (Å²) >= 11 is 4.62. The first-order valence-corrected chi connectivity index (χ1v) is 9.21. The zero-order chi connectivity index (χ0) is 19.4. The molecule has 2 heterocycles. The van der Waals surface area contributed by atoms with Crippen LogP contribution in [0.5, 0.6) is 5.75 Å². The highest BCUT2D eigenvalue weighted by atomic mass is 79.9. The number of halogens is 2. The maximum Gasteiger partial charge on any atom is 0.311 e. The molecule has 9 heteroatoms. The fourth-order valence-corrected chi connectivity index (χ4v) is 3.49. The van der Waals surface area contributed by atoms with Crippen molar-refractivity contribution in [3.05, 3.63) is 84.7 Å². The highest BCUT2D eigenvalue weighted by molar-refractivity contribution is 9.10. The van der Waals surface area contributed by atoms with Crippen LogP contribution in [0.2, 0.25) is 0 Å². The number of rotatable bonds is 7. The number of nitro benzene ring substituents is 1. The number of ether oxygens (including phenoxy) is 1. The lowest BCUT2D eigenvalue weighted by molar-refractivity contribution is -0.386. The van der Waals surface area contributed by atoms with E-state index in [2.05, 4.69) is 15.9 Å². The molecule has 0 fully saturated rings. The van der Waals surface area contributed by atoms with Crippen molar-refractivity contribution in [2.75, 3.05) is 0 Å². The number of hydrogen-bond acceptors (Lipinski definition) is 6. The van der Waals surface area contributed by atoms with E-state index in [1.54, 1.807) is 18.2 Å². The van der Waals surface area contributed by atoms with Crippen molar-refractivity contribution < 1.29 is 23.3 Å². The predicted octanol–water partition coefficient (Wildman–Crippen LogP) is 5.63. The third kappa shape index (κ3) is 4.89. The van der Waals surface area contributed by atoms with Crippen LogP contribution in [-0.4, -0.2) is 10.7 Å². The minimum atomic E-state index is -0.653. The normalized spacial score (nSPS) is 11.0. The lowest BCUT2D eigenvalue weighted by Crippen LogP contribution is -1.99. The van der Waals surface area contributed by atoms with Crippen LogP contribution < -0.4 is 4.74 Å². The number of hydrogen-bond donors (Lipinski definition) is 0. The van der Waals surface area contributed by atoms with E-state index in [9.17, 15) is 19.3 Å². The Labute approximate surface area is 165 Å². The molecule has 0 saturated heterocycles. The molecule has 0 saturated carbocycles. The lowest BCUT2D eigenvalue weighted by atomic mass is 10.3. The molecular formula is C18H11BrFNO5S. The summed E-state index contributed by atoms with van der Waals surface area (Å²) in [6, 6.07) is 7.94. The smallest absolute Gasteiger partial charge is 0.311 e. The Bertz CT molecular complexity index is 1030. The topological polar surface area (TPSA) is 82.6 Å². The highest BCUT2D eigenvalue weighted by Gasteiger charge is 2.16. The summed E-state index contributed by atoms with van der Waals surface area (Å²) in [7, 11) is 0. The summed E-state index contributed by atoms with van der Waals surface area (Å²) in [6.07, 6.45) is 2.91. The molecule has 0 atom stereocenters. The Kier molecular flexibility index (Phi) is 5.82. The third-order valence-electron chi connectivity index (χ3n) is 3.38. The van der Waals surface area contributed by atoms with Gasteiger partial charge in [0.05, 0.1) is 9.80 Å². The number of ketones is 1. The van der Waals surface area contributed by atoms with Crippen LogP contribution in [0.3, 0.4) is 0 Å². The summed E-state index contributed by atoms with van der Waals surface area (Å²) in [6.45, 7) is -0.121. The predicted molar refractivity (Wildman–Crippen MR) is 101 cm³/mol. The Morgan fingerprint density at radius 2 is 2.15 bits per heavy atom. The number of thiophene rings is 1. The minimum Gasteiger partial charge on any atom is -0.479 e. The van der Waals surface area contributed by atoms with Crippen LogP contribution in [0, 0.1) is 15.9 Å². The molecule has 1 aromatic carbocycles. The van der Waals surface area contributed by atoms with Gasteiger partial charge in [0.25, 0.3) is 0 Å². The average molecular weight is 452 g/mol. The largest absolute Gasteiger partial charge is 0.479 e. The first-order valence-electron chi connectivity index (χ1n) is 7.54. The number of furan rings is 1. The molecule has 0 radical (unpaired) electrons. The van der Waals surface area contributed by atoms with E-state index in [1.165, 1.54) is 23.5 Å². The molecule has 0 amide bonds. The van der Waals surface area contributed by atoms with Crippen LogP contribution in [-0.2, 0) is 6.61 Å². The van der Waals surface area contributed by atoms with Crippen LogP contribution >= 0.6 is 27.3 Å². The van der Waals surface area contributed by atoms with Gasteiger partial charge in [-0.05, 0) is 52.3 Å². The van der Waals surface area contributed by atoms with E-state index in [4.69, 9.17) is 9.15 Å². The quantitative estimate of drug-likeness (QED) is 0.201. The third-order valence-corrected chi connectivity index (χ3v) is 5.09. The van der Waals surface area contributed by atoms with E-state index < -0.39 is 10.7 Å². The van der Waals surface area contributed by atoms with E-state index in [0.29, 0.717) is 16.4 Å². The van der Waals surface area contributed by atoms with Crippen molar-refractivity contribution in [1.29, 1.82) is 0 Å². The van der Waals surface area contributed by atoms with E-state index in [0.717, 1.165) is 22.7 Å². The molecular weight excluding hydrogens is 441 g/mol. The maximum atomic E-state index is 13.3. The van der Waals surface area contributed by atoms with Crippen molar-refractivity contribution in [3.63, 3.8) is 0 Å². The van der Waals surface area contributed by atoms with Gasteiger partial charge in [0.2, 0.25) is 0 Å². The van der Waals surface area contributed by atoms with Crippen molar-refractivity contribution in [1.82, 2.24) is 0 Å². The molecule has 0 N–H and O–H groups in total. The molecule has 27 heavy (non-hydrogen) atoms. The number of nitrogens with zero attached hydrogens (tertiary/aromatic N) is 1. The van der Waals surface area contributed by atoms with Gasteiger partial charge in [0.15, 0.2) is 11.5 Å². The SMILES string of the molecule is O=C(/C=C/c1ccc(COc2cc(F)ccc2[N+](=O)[O-])o1)c1cc(Br)cs1. The second-order valence-corrected chi connectivity index (χ2v) is 7.12. The minimum absolute atomic E-state index is 0.121. The molecule has 0 bridgehead atoms. The fraction of sp³-hybridized carbons (Fsp3) is 0.0556. The van der Waals surface area contributed by atoms with E-state index >= 15 is 0 Å². The number of allylic oxidation sites excluding steroid dienone is 1. The highest BCUT2D eigenvalue weighted by Crippen LogP contribution is 2.28. The van der Waals surface area contributed by atoms with Crippen molar-refractivity contribution in [3.8, 4) is 5.75 Å². The molecule has 0 aliphatic carbocycles. The summed E-state index contributed by atoms with van der Waals surface area (Å²) in [5.74, 6) is -0.189. The van der Waals surface area contributed by atoms with Gasteiger partial charge in [-0.2, -0.15) is 0 Å². The summed E-state index contributed by atoms with van der Waals surface area (Å²) < 4.78 is 24.9. The average Bonchev–Trinajstić information content (AvgIpc) is 3.26. The fourth-order valence-electron chi connectivity index (χ4n) is 2.15. The monoisotopic (exact) mass is 451 g/mol. The zero-order valence-corrected chi connectivity index (χ0v) is 16.0. The summed E-state index contributed by atoms with van der Waals surface area (Å²) in [5.41, 5.74) is -0.337. The van der Waals surface area contributed by atoms with Crippen molar-refractivity contribution >= 4 is 44.8 Å². The molecule has 3 aromatic rings. The van der Waals surface area contributed by atoms with Crippen LogP contribution in [0.25, 0.3) is 6.08 Å². The number of carbonyl (C=O) groups excluding carboxylic acids is 1. The standard InChI is InChI=1S/C18H11BrFNO5S/c19-11-7-18(27-10-11)16(22)6-4-13-2-3-14(26-13)9-25-17-8-12(20)1-5-15(17)21(23)24/h1-8,10H,9H2/b6-4+. The van der Waals surface area contributed by atoms with Crippen LogP contribution in [0.1, 0.15) is 21.2 Å². The summed E-state index contributed by atoms with van der Waals surface area (Å²) in [5, 5.41) is 12.8. The summed E-state index contributed by atoms with van der Waals surface area (Å²) in [4.78, 5) is 22.9. The van der Waals surface area contributed by atoms with Gasteiger partial charge in [0, 0.05) is 22.0 Å². The van der Waals surface area contributed by atoms with Crippen molar-refractivity contribution in [2.45, 2.75) is 6.61 Å². The second kappa shape index (κ2) is 8.28. The second-order valence-electron chi connectivity index (χ2n) is 5.29. The zero-order valence-electron chi connectivity index (χ0n) is 13.6. The molecule has 3 rings (SSSR count). The maximum absolute atomic E-state index is 13.3. The van der Waals surface area contributed by atoms with Gasteiger partial charge >= 0.3 is 5.69 Å². The Morgan fingerprint density at radius 1 is 1.33 bits per heavy atom. The van der Waals surface area contributed by atoms with Gasteiger partial charge in [-0.1, -0.05) is 0 Å². The molecule has 2 aromatic heterocycles. The van der Waals surface area contributed by atoms with Crippen molar-refractivity contribution in [2.24, 2.45) is 0 Å². The number of nitro groups is 1. The molecule has 0 aliphatic heterocycles. The number of benzene rings is 1. The Morgan fingerprint density at radius 3 is 2.85 bits per heavy atom. The lowest BCUT2D eigenvalue weighted by Gasteiger charge is -2.05. The van der Waals surface area contributed by atoms with Gasteiger partial charge in [-0.3, -0.25) is 14.9 Å². The van der Waals surface area contributed by atoms with E-state index in [1.807, 2.05) is 5.38 Å². The Balaban J connectivity index is 1.65. The molecule has 138 valence electrons. The molecule has 0 unspecified atom stereocenters. The molecule has 0 aliphatic rings. The molecule has 0 spiro atoms. The van der Waals surface area contributed by atoms with Crippen LogP contribution in [0.4, 0.5) is 10.1 Å². The van der Waals surface area contributed by atoms with Gasteiger partial charge in [0.1, 0.15) is 23.9 Å².